The van der Waals surface area contributed by atoms with Gasteiger partial charge in [-0.1, -0.05) is 44.2 Å². The van der Waals surface area contributed by atoms with Crippen LogP contribution in [0.15, 0.2) is 30.3 Å². The Morgan fingerprint density at radius 2 is 1.78 bits per heavy atom. The maximum atomic E-state index is 12.3. The summed E-state index contributed by atoms with van der Waals surface area (Å²) in [4.78, 5) is 12.3. The van der Waals surface area contributed by atoms with E-state index in [0.29, 0.717) is 18.7 Å². The standard InChI is InChI=1S/C16H25NO/c1-3-16(4-2,13-17)15(18)12-8-11-14-9-6-5-7-10-14/h5-7,9-10H,3-4,8,11-13,17H2,1-2H3. The van der Waals surface area contributed by atoms with E-state index >= 15 is 0 Å². The van der Waals surface area contributed by atoms with Crippen molar-refractivity contribution >= 4 is 5.78 Å². The summed E-state index contributed by atoms with van der Waals surface area (Å²) in [6, 6.07) is 10.3. The number of hydrogen-bond acceptors (Lipinski definition) is 2. The number of hydrogen-bond donors (Lipinski definition) is 1. The van der Waals surface area contributed by atoms with E-state index in [2.05, 4.69) is 26.0 Å². The molecule has 0 fully saturated rings. The van der Waals surface area contributed by atoms with E-state index in [1.54, 1.807) is 0 Å². The fourth-order valence-corrected chi connectivity index (χ4v) is 2.41. The Hall–Kier alpha value is -1.15. The summed E-state index contributed by atoms with van der Waals surface area (Å²) in [6.45, 7) is 4.60. The quantitative estimate of drug-likeness (QED) is 0.765. The molecule has 0 aromatic heterocycles. The van der Waals surface area contributed by atoms with E-state index in [0.717, 1.165) is 25.7 Å². The van der Waals surface area contributed by atoms with Crippen molar-refractivity contribution in [2.24, 2.45) is 11.1 Å². The van der Waals surface area contributed by atoms with Crippen molar-refractivity contribution in [2.75, 3.05) is 6.54 Å². The van der Waals surface area contributed by atoms with E-state index in [1.807, 2.05) is 18.2 Å². The maximum absolute atomic E-state index is 12.3. The molecule has 2 heteroatoms. The molecule has 0 atom stereocenters. The largest absolute Gasteiger partial charge is 0.329 e. The fraction of sp³-hybridized carbons (Fsp3) is 0.562. The Balaban J connectivity index is 2.46. The first-order chi connectivity index (χ1) is 8.68. The zero-order chi connectivity index (χ0) is 13.4. The van der Waals surface area contributed by atoms with Gasteiger partial charge in [0.1, 0.15) is 5.78 Å². The van der Waals surface area contributed by atoms with Crippen LogP contribution in [0.3, 0.4) is 0 Å². The first-order valence-electron chi connectivity index (χ1n) is 6.96. The van der Waals surface area contributed by atoms with Gasteiger partial charge in [-0.15, -0.1) is 0 Å². The second-order valence-electron chi connectivity index (χ2n) is 4.95. The van der Waals surface area contributed by atoms with Gasteiger partial charge in [0.05, 0.1) is 0 Å². The minimum Gasteiger partial charge on any atom is -0.329 e. The second kappa shape index (κ2) is 7.32. The molecule has 0 amide bonds. The molecule has 0 saturated carbocycles. The summed E-state index contributed by atoms with van der Waals surface area (Å²) in [5, 5.41) is 0. The molecule has 18 heavy (non-hydrogen) atoms. The Bertz CT molecular complexity index is 346. The minimum absolute atomic E-state index is 0.281. The van der Waals surface area contributed by atoms with Crippen molar-refractivity contribution in [1.29, 1.82) is 0 Å². The number of benzene rings is 1. The van der Waals surface area contributed by atoms with Crippen LogP contribution >= 0.6 is 0 Å². The molecule has 0 saturated heterocycles. The molecule has 0 radical (unpaired) electrons. The van der Waals surface area contributed by atoms with Crippen LogP contribution in [0.5, 0.6) is 0 Å². The summed E-state index contributed by atoms with van der Waals surface area (Å²) in [5.74, 6) is 0.339. The Kier molecular flexibility index (Phi) is 6.06. The molecule has 0 unspecified atom stereocenters. The molecule has 2 N–H and O–H groups in total. The Morgan fingerprint density at radius 3 is 2.28 bits per heavy atom. The van der Waals surface area contributed by atoms with Crippen LogP contribution in [0.2, 0.25) is 0 Å². The predicted octanol–water partition coefficient (Wildman–Crippen LogP) is 3.34. The third-order valence-corrected chi connectivity index (χ3v) is 4.05. The van der Waals surface area contributed by atoms with Gasteiger partial charge in [-0.25, -0.2) is 0 Å². The SMILES string of the molecule is CCC(CC)(CN)C(=O)CCCc1ccccc1. The first kappa shape index (κ1) is 14.9. The average Bonchev–Trinajstić information content (AvgIpc) is 2.42. The third kappa shape index (κ3) is 3.67. The molecule has 0 aliphatic carbocycles. The van der Waals surface area contributed by atoms with Crippen LogP contribution < -0.4 is 5.73 Å². The van der Waals surface area contributed by atoms with Crippen molar-refractivity contribution in [2.45, 2.75) is 46.0 Å². The lowest BCUT2D eigenvalue weighted by molar-refractivity contribution is -0.128. The normalized spacial score (nSPS) is 11.5. The van der Waals surface area contributed by atoms with E-state index in [4.69, 9.17) is 5.73 Å². The van der Waals surface area contributed by atoms with Crippen molar-refractivity contribution < 1.29 is 4.79 Å². The van der Waals surface area contributed by atoms with Crippen molar-refractivity contribution in [1.82, 2.24) is 0 Å². The first-order valence-corrected chi connectivity index (χ1v) is 6.96. The van der Waals surface area contributed by atoms with Crippen LogP contribution in [-0.2, 0) is 11.2 Å². The van der Waals surface area contributed by atoms with E-state index < -0.39 is 0 Å². The molecule has 100 valence electrons. The number of carbonyl (C=O) groups is 1. The van der Waals surface area contributed by atoms with E-state index in [-0.39, 0.29) is 5.41 Å². The highest BCUT2D eigenvalue weighted by Crippen LogP contribution is 2.28. The molecule has 2 nitrogen and oxygen atoms in total. The molecule has 0 aliphatic rings. The lowest BCUT2D eigenvalue weighted by Gasteiger charge is -2.28. The van der Waals surface area contributed by atoms with Crippen LogP contribution in [0, 0.1) is 5.41 Å². The minimum atomic E-state index is -0.281. The van der Waals surface area contributed by atoms with Gasteiger partial charge in [-0.2, -0.15) is 0 Å². The molecular formula is C16H25NO. The highest BCUT2D eigenvalue weighted by Gasteiger charge is 2.32. The van der Waals surface area contributed by atoms with Gasteiger partial charge in [0.25, 0.3) is 0 Å². The lowest BCUT2D eigenvalue weighted by Crippen LogP contribution is -2.37. The highest BCUT2D eigenvalue weighted by atomic mass is 16.1. The van der Waals surface area contributed by atoms with Gasteiger partial charge >= 0.3 is 0 Å². The predicted molar refractivity (Wildman–Crippen MR) is 76.5 cm³/mol. The number of Topliss-reactive ketones (excluding diaryl/α,β-unsaturated/α-hetero) is 1. The zero-order valence-electron chi connectivity index (χ0n) is 11.6. The highest BCUT2D eigenvalue weighted by molar-refractivity contribution is 5.85. The van der Waals surface area contributed by atoms with Crippen molar-refractivity contribution in [3.05, 3.63) is 35.9 Å². The third-order valence-electron chi connectivity index (χ3n) is 4.05. The number of aryl methyl sites for hydroxylation is 1. The van der Waals surface area contributed by atoms with Crippen molar-refractivity contribution in [3.63, 3.8) is 0 Å². The zero-order valence-corrected chi connectivity index (χ0v) is 11.6. The second-order valence-corrected chi connectivity index (χ2v) is 4.95. The van der Waals surface area contributed by atoms with Crippen LogP contribution in [0.25, 0.3) is 0 Å². The molecule has 1 rings (SSSR count). The molecule has 1 aromatic carbocycles. The Labute approximate surface area is 111 Å². The maximum Gasteiger partial charge on any atom is 0.140 e. The van der Waals surface area contributed by atoms with E-state index in [1.165, 1.54) is 5.56 Å². The topological polar surface area (TPSA) is 43.1 Å². The molecule has 0 spiro atoms. The van der Waals surface area contributed by atoms with Gasteiger partial charge in [-0.05, 0) is 31.2 Å². The van der Waals surface area contributed by atoms with Crippen molar-refractivity contribution in [3.8, 4) is 0 Å². The average molecular weight is 247 g/mol. The number of carbonyl (C=O) groups excluding carboxylic acids is 1. The summed E-state index contributed by atoms with van der Waals surface area (Å²) in [6.07, 6.45) is 4.24. The van der Waals surface area contributed by atoms with Gasteiger partial charge in [0.15, 0.2) is 0 Å². The fourth-order valence-electron chi connectivity index (χ4n) is 2.41. The molecule has 0 heterocycles. The molecule has 0 bridgehead atoms. The molecular weight excluding hydrogens is 222 g/mol. The number of rotatable bonds is 8. The summed E-state index contributed by atoms with van der Waals surface area (Å²) < 4.78 is 0. The Morgan fingerprint density at radius 1 is 1.17 bits per heavy atom. The molecule has 1 aromatic rings. The lowest BCUT2D eigenvalue weighted by atomic mass is 9.76. The van der Waals surface area contributed by atoms with Crippen LogP contribution in [-0.4, -0.2) is 12.3 Å². The summed E-state index contributed by atoms with van der Waals surface area (Å²) >= 11 is 0. The number of nitrogens with two attached hydrogens (primary N) is 1. The smallest absolute Gasteiger partial charge is 0.140 e. The van der Waals surface area contributed by atoms with Gasteiger partial charge in [-0.3, -0.25) is 4.79 Å². The van der Waals surface area contributed by atoms with Crippen LogP contribution in [0.1, 0.15) is 45.1 Å². The molecule has 0 aliphatic heterocycles. The van der Waals surface area contributed by atoms with Gasteiger partial charge in [0, 0.05) is 18.4 Å². The van der Waals surface area contributed by atoms with Crippen LogP contribution in [0.4, 0.5) is 0 Å². The number of ketones is 1. The van der Waals surface area contributed by atoms with Gasteiger partial charge < -0.3 is 5.73 Å². The summed E-state index contributed by atoms with van der Waals surface area (Å²) in [5.41, 5.74) is 6.81. The monoisotopic (exact) mass is 247 g/mol. The van der Waals surface area contributed by atoms with Gasteiger partial charge in [0.2, 0.25) is 0 Å². The summed E-state index contributed by atoms with van der Waals surface area (Å²) in [7, 11) is 0. The van der Waals surface area contributed by atoms with E-state index in [9.17, 15) is 4.79 Å².